The van der Waals surface area contributed by atoms with Gasteiger partial charge in [-0.25, -0.2) is 4.68 Å². The van der Waals surface area contributed by atoms with Gasteiger partial charge >= 0.3 is 0 Å². The van der Waals surface area contributed by atoms with Crippen molar-refractivity contribution in [1.82, 2.24) is 19.6 Å². The number of hydrogen-bond donors (Lipinski definition) is 0. The fourth-order valence-corrected chi connectivity index (χ4v) is 5.87. The zero-order valence-electron chi connectivity index (χ0n) is 24.3. The molecule has 2 heterocycles. The van der Waals surface area contributed by atoms with Crippen molar-refractivity contribution in [3.8, 4) is 5.75 Å². The van der Waals surface area contributed by atoms with E-state index in [0.717, 1.165) is 72.1 Å². The summed E-state index contributed by atoms with van der Waals surface area (Å²) < 4.78 is 7.48. The minimum absolute atomic E-state index is 0.0270. The molecule has 1 saturated heterocycles. The van der Waals surface area contributed by atoms with Crippen molar-refractivity contribution >= 4 is 28.9 Å². The monoisotopic (exact) mass is 570 g/mol. The van der Waals surface area contributed by atoms with E-state index in [1.165, 1.54) is 23.3 Å². The lowest BCUT2D eigenvalue weighted by molar-refractivity contribution is 0.0679. The number of aryl methyl sites for hydroxylation is 2. The SMILES string of the molecule is C=C/C=C(/c1ccc(C)c(OC)c1)n1nc(C(=O)N2CCN(C(=C3CCC3)c3cccc(Cl)c3)CC2)cc1CCC. The number of hydrogen-bond acceptors (Lipinski definition) is 4. The van der Waals surface area contributed by atoms with Crippen LogP contribution in [-0.4, -0.2) is 58.8 Å². The molecular formula is C34H39ClN4O2. The molecule has 2 aromatic carbocycles. The van der Waals surface area contributed by atoms with Crippen molar-refractivity contribution in [2.75, 3.05) is 33.3 Å². The summed E-state index contributed by atoms with van der Waals surface area (Å²) in [5.74, 6) is 0.783. The summed E-state index contributed by atoms with van der Waals surface area (Å²) in [6, 6.07) is 16.2. The number of carbonyl (C=O) groups is 1. The van der Waals surface area contributed by atoms with E-state index in [-0.39, 0.29) is 5.91 Å². The molecule has 41 heavy (non-hydrogen) atoms. The molecule has 0 atom stereocenters. The predicted octanol–water partition coefficient (Wildman–Crippen LogP) is 7.23. The van der Waals surface area contributed by atoms with Crippen molar-refractivity contribution in [3.63, 3.8) is 0 Å². The van der Waals surface area contributed by atoms with Crippen molar-refractivity contribution in [2.45, 2.75) is 46.0 Å². The van der Waals surface area contributed by atoms with Crippen molar-refractivity contribution in [3.05, 3.63) is 106 Å². The van der Waals surface area contributed by atoms with E-state index >= 15 is 0 Å². The fourth-order valence-electron chi connectivity index (χ4n) is 5.68. The van der Waals surface area contributed by atoms with E-state index in [1.807, 2.05) is 52.9 Å². The van der Waals surface area contributed by atoms with Crippen molar-refractivity contribution in [2.24, 2.45) is 0 Å². The lowest BCUT2D eigenvalue weighted by atomic mass is 9.87. The van der Waals surface area contributed by atoms with Gasteiger partial charge in [0.1, 0.15) is 5.75 Å². The van der Waals surface area contributed by atoms with E-state index in [0.29, 0.717) is 18.8 Å². The molecule has 6 nitrogen and oxygen atoms in total. The summed E-state index contributed by atoms with van der Waals surface area (Å²) >= 11 is 6.35. The molecule has 0 unspecified atom stereocenters. The Bertz CT molecular complexity index is 1490. The lowest BCUT2D eigenvalue weighted by Crippen LogP contribution is -2.48. The summed E-state index contributed by atoms with van der Waals surface area (Å²) in [7, 11) is 1.68. The Morgan fingerprint density at radius 1 is 1.05 bits per heavy atom. The number of carbonyl (C=O) groups excluding carboxylic acids is 1. The number of benzene rings is 2. The first-order valence-electron chi connectivity index (χ1n) is 14.5. The molecule has 1 amide bonds. The maximum Gasteiger partial charge on any atom is 0.274 e. The average molecular weight is 571 g/mol. The number of nitrogens with zero attached hydrogens (tertiary/aromatic N) is 4. The Labute approximate surface area is 248 Å². The summed E-state index contributed by atoms with van der Waals surface area (Å²) in [6.45, 7) is 11.0. The molecule has 1 saturated carbocycles. The summed E-state index contributed by atoms with van der Waals surface area (Å²) in [5, 5.41) is 5.62. The van der Waals surface area contributed by atoms with Crippen molar-refractivity contribution < 1.29 is 9.53 Å². The number of piperazine rings is 1. The number of amides is 1. The van der Waals surface area contributed by atoms with E-state index < -0.39 is 0 Å². The van der Waals surface area contributed by atoms with Crippen LogP contribution in [0.25, 0.3) is 11.4 Å². The topological polar surface area (TPSA) is 50.6 Å². The van der Waals surface area contributed by atoms with Gasteiger partial charge < -0.3 is 14.5 Å². The van der Waals surface area contributed by atoms with Gasteiger partial charge in [0.15, 0.2) is 5.69 Å². The maximum absolute atomic E-state index is 13.8. The molecule has 214 valence electrons. The van der Waals surface area contributed by atoms with Crippen LogP contribution >= 0.6 is 11.6 Å². The Morgan fingerprint density at radius 2 is 1.80 bits per heavy atom. The highest BCUT2D eigenvalue weighted by Crippen LogP contribution is 2.37. The van der Waals surface area contributed by atoms with Crippen molar-refractivity contribution in [1.29, 1.82) is 0 Å². The van der Waals surface area contributed by atoms with E-state index in [4.69, 9.17) is 21.4 Å². The quantitative estimate of drug-likeness (QED) is 0.255. The van der Waals surface area contributed by atoms with Gasteiger partial charge in [0, 0.05) is 48.2 Å². The molecule has 7 heteroatoms. The average Bonchev–Trinajstić information content (AvgIpc) is 3.37. The third kappa shape index (κ3) is 6.13. The van der Waals surface area contributed by atoms with Gasteiger partial charge in [-0.2, -0.15) is 5.10 Å². The van der Waals surface area contributed by atoms with E-state index in [1.54, 1.807) is 13.2 Å². The molecule has 1 aliphatic heterocycles. The fraction of sp³-hybridized carbons (Fsp3) is 0.353. The summed E-state index contributed by atoms with van der Waals surface area (Å²) in [6.07, 6.45) is 8.94. The third-order valence-electron chi connectivity index (χ3n) is 7.99. The maximum atomic E-state index is 13.8. The molecule has 2 aliphatic rings. The molecule has 0 spiro atoms. The van der Waals surface area contributed by atoms with Gasteiger partial charge in [-0.15, -0.1) is 0 Å². The first-order chi connectivity index (χ1) is 19.9. The second kappa shape index (κ2) is 12.8. The van der Waals surface area contributed by atoms with Crippen LogP contribution < -0.4 is 4.74 Å². The van der Waals surface area contributed by atoms with E-state index in [9.17, 15) is 4.79 Å². The Hall–Kier alpha value is -3.77. The van der Waals surface area contributed by atoms with Crippen LogP contribution in [0.5, 0.6) is 5.75 Å². The third-order valence-corrected chi connectivity index (χ3v) is 8.22. The van der Waals surface area contributed by atoms with Gasteiger partial charge in [-0.1, -0.05) is 61.9 Å². The van der Waals surface area contributed by atoms with Gasteiger partial charge in [-0.3, -0.25) is 4.79 Å². The Balaban J connectivity index is 1.38. The van der Waals surface area contributed by atoms with E-state index in [2.05, 4.69) is 36.6 Å². The Morgan fingerprint density at radius 3 is 2.44 bits per heavy atom. The van der Waals surface area contributed by atoms with Crippen LogP contribution in [0, 0.1) is 6.92 Å². The first kappa shape index (κ1) is 28.7. The molecular weight excluding hydrogens is 532 g/mol. The molecule has 1 aliphatic carbocycles. The number of methoxy groups -OCH3 is 1. The van der Waals surface area contributed by atoms with Gasteiger partial charge in [0.25, 0.3) is 5.91 Å². The van der Waals surface area contributed by atoms with Gasteiger partial charge in [0.05, 0.1) is 12.8 Å². The second-order valence-electron chi connectivity index (χ2n) is 10.8. The lowest BCUT2D eigenvalue weighted by Gasteiger charge is -2.39. The van der Waals surface area contributed by atoms with Crippen LogP contribution in [0.1, 0.15) is 65.5 Å². The Kier molecular flexibility index (Phi) is 8.99. The largest absolute Gasteiger partial charge is 0.496 e. The number of aromatic nitrogens is 2. The van der Waals surface area contributed by atoms with Gasteiger partial charge in [0.2, 0.25) is 0 Å². The molecule has 3 aromatic rings. The first-order valence-corrected chi connectivity index (χ1v) is 14.9. The standard InChI is InChI=1S/C34H39ClN4O2/c1-5-9-29-23-30(36-39(29)31(10-6-2)26-16-15-24(3)32(22-26)41-4)34(40)38-19-17-37(18-20-38)33(25-11-7-12-25)27-13-8-14-28(35)21-27/h6,8,10,13-16,21-23H,2,5,7,9,11-12,17-20H2,1,3-4H3/b31-10-. The smallest absolute Gasteiger partial charge is 0.274 e. The number of ether oxygens (including phenoxy) is 1. The number of halogens is 1. The minimum Gasteiger partial charge on any atom is -0.496 e. The summed E-state index contributed by atoms with van der Waals surface area (Å²) in [4.78, 5) is 18.1. The highest BCUT2D eigenvalue weighted by Gasteiger charge is 2.29. The number of rotatable bonds is 9. The molecule has 2 fully saturated rings. The normalized spacial score (nSPS) is 15.5. The molecule has 0 radical (unpaired) electrons. The predicted molar refractivity (Wildman–Crippen MR) is 167 cm³/mol. The zero-order valence-corrected chi connectivity index (χ0v) is 25.1. The van der Waals surface area contributed by atoms with Crippen LogP contribution in [0.2, 0.25) is 5.02 Å². The molecule has 5 rings (SSSR count). The summed E-state index contributed by atoms with van der Waals surface area (Å²) in [5.41, 5.74) is 8.32. The minimum atomic E-state index is -0.0270. The zero-order chi connectivity index (χ0) is 28.9. The van der Waals surface area contributed by atoms with Crippen LogP contribution in [0.15, 0.2) is 72.8 Å². The van der Waals surface area contributed by atoms with Crippen LogP contribution in [-0.2, 0) is 6.42 Å². The van der Waals surface area contributed by atoms with Crippen LogP contribution in [0.4, 0.5) is 0 Å². The second-order valence-corrected chi connectivity index (χ2v) is 11.2. The molecule has 0 bridgehead atoms. The molecule has 1 aromatic heterocycles. The molecule has 0 N–H and O–H groups in total. The highest BCUT2D eigenvalue weighted by molar-refractivity contribution is 6.30. The van der Waals surface area contributed by atoms with Crippen LogP contribution in [0.3, 0.4) is 0 Å². The van der Waals surface area contributed by atoms with Gasteiger partial charge in [-0.05, 0) is 79.6 Å². The highest BCUT2D eigenvalue weighted by atomic mass is 35.5. The number of allylic oxidation sites excluding steroid dienone is 3.